The summed E-state index contributed by atoms with van der Waals surface area (Å²) in [5.74, 6) is 0.734. The normalized spacial score (nSPS) is 16.4. The van der Waals surface area contributed by atoms with Crippen LogP contribution in [0.15, 0.2) is 24.8 Å². The third-order valence-electron chi connectivity index (χ3n) is 3.76. The van der Waals surface area contributed by atoms with E-state index in [0.29, 0.717) is 31.1 Å². The summed E-state index contributed by atoms with van der Waals surface area (Å²) in [5.41, 5.74) is 3.22. The molecule has 2 rings (SSSR count). The Hall–Kier alpha value is -1.97. The SMILES string of the molecule is C=CCc1c(O)ccc2c1C(CCNC(=O)CC)CN2. The molecule has 0 radical (unpaired) electrons. The minimum absolute atomic E-state index is 0.0819. The molecule has 0 saturated heterocycles. The largest absolute Gasteiger partial charge is 0.508 e. The Morgan fingerprint density at radius 1 is 1.60 bits per heavy atom. The van der Waals surface area contributed by atoms with E-state index in [1.54, 1.807) is 6.07 Å². The molecule has 1 atom stereocenters. The number of carbonyl (C=O) groups is 1. The number of anilines is 1. The van der Waals surface area contributed by atoms with E-state index < -0.39 is 0 Å². The van der Waals surface area contributed by atoms with Gasteiger partial charge in [-0.1, -0.05) is 13.0 Å². The van der Waals surface area contributed by atoms with Crippen molar-refractivity contribution in [3.05, 3.63) is 35.9 Å². The van der Waals surface area contributed by atoms with Crippen LogP contribution in [0.3, 0.4) is 0 Å². The van der Waals surface area contributed by atoms with Gasteiger partial charge in [-0.15, -0.1) is 6.58 Å². The highest BCUT2D eigenvalue weighted by Crippen LogP contribution is 2.40. The molecule has 4 nitrogen and oxygen atoms in total. The van der Waals surface area contributed by atoms with E-state index in [4.69, 9.17) is 0 Å². The Morgan fingerprint density at radius 2 is 2.40 bits per heavy atom. The lowest BCUT2D eigenvalue weighted by Gasteiger charge is -2.15. The highest BCUT2D eigenvalue weighted by molar-refractivity contribution is 5.75. The first-order chi connectivity index (χ1) is 9.67. The number of rotatable bonds is 6. The van der Waals surface area contributed by atoms with Gasteiger partial charge in [-0.05, 0) is 30.5 Å². The van der Waals surface area contributed by atoms with Gasteiger partial charge >= 0.3 is 0 Å². The van der Waals surface area contributed by atoms with Crippen LogP contribution in [0, 0.1) is 0 Å². The number of hydrogen-bond acceptors (Lipinski definition) is 3. The fourth-order valence-electron chi connectivity index (χ4n) is 2.72. The second-order valence-corrected chi connectivity index (χ2v) is 5.09. The van der Waals surface area contributed by atoms with Gasteiger partial charge in [0, 0.05) is 36.7 Å². The van der Waals surface area contributed by atoms with Gasteiger partial charge in [-0.25, -0.2) is 0 Å². The van der Waals surface area contributed by atoms with Crippen LogP contribution in [0.5, 0.6) is 5.75 Å². The smallest absolute Gasteiger partial charge is 0.219 e. The predicted octanol–water partition coefficient (Wildman–Crippen LogP) is 2.55. The Labute approximate surface area is 119 Å². The quantitative estimate of drug-likeness (QED) is 0.552. The standard InChI is InChI=1S/C16H22N2O2/c1-3-5-12-14(19)7-6-13-16(12)11(10-18-13)8-9-17-15(20)4-2/h3,6-7,11,18-19H,1,4-5,8-10H2,2H3,(H,17,20). The summed E-state index contributed by atoms with van der Waals surface area (Å²) < 4.78 is 0. The molecule has 0 aromatic heterocycles. The highest BCUT2D eigenvalue weighted by atomic mass is 16.3. The summed E-state index contributed by atoms with van der Waals surface area (Å²) in [7, 11) is 0. The molecule has 0 fully saturated rings. The average Bonchev–Trinajstić information content (AvgIpc) is 2.85. The maximum atomic E-state index is 11.3. The molecule has 1 unspecified atom stereocenters. The summed E-state index contributed by atoms with van der Waals surface area (Å²) in [6.45, 7) is 7.13. The third kappa shape index (κ3) is 2.95. The Balaban J connectivity index is 2.12. The fourth-order valence-corrected chi connectivity index (χ4v) is 2.72. The molecule has 20 heavy (non-hydrogen) atoms. The second-order valence-electron chi connectivity index (χ2n) is 5.09. The lowest BCUT2D eigenvalue weighted by Crippen LogP contribution is -2.25. The van der Waals surface area contributed by atoms with Crippen LogP contribution in [0.1, 0.15) is 36.8 Å². The van der Waals surface area contributed by atoms with Gasteiger partial charge in [0.15, 0.2) is 0 Å². The van der Waals surface area contributed by atoms with Crippen LogP contribution < -0.4 is 10.6 Å². The molecule has 0 saturated carbocycles. The van der Waals surface area contributed by atoms with E-state index in [9.17, 15) is 9.90 Å². The van der Waals surface area contributed by atoms with Crippen molar-refractivity contribution in [1.29, 1.82) is 0 Å². The zero-order chi connectivity index (χ0) is 14.5. The Kier molecular flexibility index (Phi) is 4.66. The summed E-state index contributed by atoms with van der Waals surface area (Å²) in [4.78, 5) is 11.3. The number of allylic oxidation sites excluding steroid dienone is 1. The minimum atomic E-state index is 0.0819. The van der Waals surface area contributed by atoms with Gasteiger partial charge in [0.1, 0.15) is 5.75 Å². The van der Waals surface area contributed by atoms with Gasteiger partial charge < -0.3 is 15.7 Å². The van der Waals surface area contributed by atoms with Crippen molar-refractivity contribution in [2.45, 2.75) is 32.1 Å². The highest BCUT2D eigenvalue weighted by Gasteiger charge is 2.26. The number of amides is 1. The number of nitrogens with one attached hydrogen (secondary N) is 2. The Bertz CT molecular complexity index is 511. The fraction of sp³-hybridized carbons (Fsp3) is 0.438. The maximum absolute atomic E-state index is 11.3. The monoisotopic (exact) mass is 274 g/mol. The van der Waals surface area contributed by atoms with Crippen LogP contribution in [0.2, 0.25) is 0 Å². The number of carbonyl (C=O) groups excluding carboxylic acids is 1. The van der Waals surface area contributed by atoms with Crippen LogP contribution in [0.4, 0.5) is 5.69 Å². The van der Waals surface area contributed by atoms with E-state index >= 15 is 0 Å². The van der Waals surface area contributed by atoms with Gasteiger partial charge in [-0.2, -0.15) is 0 Å². The Morgan fingerprint density at radius 3 is 3.10 bits per heavy atom. The van der Waals surface area contributed by atoms with Gasteiger partial charge in [0.25, 0.3) is 0 Å². The summed E-state index contributed by atoms with van der Waals surface area (Å²) >= 11 is 0. The zero-order valence-corrected chi connectivity index (χ0v) is 11.9. The predicted molar refractivity (Wildman–Crippen MR) is 81.2 cm³/mol. The molecular formula is C16H22N2O2. The number of fused-ring (bicyclic) bond motifs is 1. The summed E-state index contributed by atoms with van der Waals surface area (Å²) in [6.07, 6.45) is 3.86. The lowest BCUT2D eigenvalue weighted by atomic mass is 9.91. The van der Waals surface area contributed by atoms with Crippen LogP contribution >= 0.6 is 0 Å². The topological polar surface area (TPSA) is 61.4 Å². The molecule has 1 aliphatic rings. The first kappa shape index (κ1) is 14.4. The maximum Gasteiger partial charge on any atom is 0.219 e. The number of aromatic hydroxyl groups is 1. The average molecular weight is 274 g/mol. The van der Waals surface area contributed by atoms with E-state index in [0.717, 1.165) is 24.2 Å². The molecule has 3 N–H and O–H groups in total. The number of phenols is 1. The molecule has 108 valence electrons. The van der Waals surface area contributed by atoms with Crippen molar-refractivity contribution in [1.82, 2.24) is 5.32 Å². The number of hydrogen-bond donors (Lipinski definition) is 3. The molecule has 1 heterocycles. The second kappa shape index (κ2) is 6.46. The lowest BCUT2D eigenvalue weighted by molar-refractivity contribution is -0.120. The number of phenolic OH excluding ortho intramolecular Hbond substituents is 1. The molecule has 1 amide bonds. The van der Waals surface area contributed by atoms with Crippen molar-refractivity contribution < 1.29 is 9.90 Å². The van der Waals surface area contributed by atoms with Crippen molar-refractivity contribution >= 4 is 11.6 Å². The van der Waals surface area contributed by atoms with Crippen molar-refractivity contribution in [2.24, 2.45) is 0 Å². The van der Waals surface area contributed by atoms with E-state index in [2.05, 4.69) is 17.2 Å². The number of benzene rings is 1. The van der Waals surface area contributed by atoms with Gasteiger partial charge in [-0.3, -0.25) is 4.79 Å². The first-order valence-corrected chi connectivity index (χ1v) is 7.13. The molecule has 0 spiro atoms. The zero-order valence-electron chi connectivity index (χ0n) is 11.9. The van der Waals surface area contributed by atoms with Crippen LogP contribution in [0.25, 0.3) is 0 Å². The van der Waals surface area contributed by atoms with Gasteiger partial charge in [0.2, 0.25) is 5.91 Å². The third-order valence-corrected chi connectivity index (χ3v) is 3.76. The molecule has 1 aliphatic heterocycles. The van der Waals surface area contributed by atoms with Crippen molar-refractivity contribution in [2.75, 3.05) is 18.4 Å². The minimum Gasteiger partial charge on any atom is -0.508 e. The van der Waals surface area contributed by atoms with E-state index in [1.807, 2.05) is 19.1 Å². The van der Waals surface area contributed by atoms with E-state index in [-0.39, 0.29) is 5.91 Å². The van der Waals surface area contributed by atoms with Crippen molar-refractivity contribution in [3.8, 4) is 5.75 Å². The van der Waals surface area contributed by atoms with Crippen LogP contribution in [-0.4, -0.2) is 24.1 Å². The van der Waals surface area contributed by atoms with Crippen molar-refractivity contribution in [3.63, 3.8) is 0 Å². The first-order valence-electron chi connectivity index (χ1n) is 7.13. The molecular weight excluding hydrogens is 252 g/mol. The van der Waals surface area contributed by atoms with Crippen LogP contribution in [-0.2, 0) is 11.2 Å². The summed E-state index contributed by atoms with van der Waals surface area (Å²) in [6, 6.07) is 3.65. The molecule has 0 bridgehead atoms. The molecule has 4 heteroatoms. The van der Waals surface area contributed by atoms with E-state index in [1.165, 1.54) is 5.56 Å². The molecule has 1 aromatic rings. The summed E-state index contributed by atoms with van der Waals surface area (Å²) in [5, 5.41) is 16.3. The molecule has 0 aliphatic carbocycles. The van der Waals surface area contributed by atoms with Gasteiger partial charge in [0.05, 0.1) is 0 Å². The molecule has 1 aromatic carbocycles.